The van der Waals surface area contributed by atoms with Crippen LogP contribution in [-0.2, 0) is 9.53 Å². The van der Waals surface area contributed by atoms with Crippen molar-refractivity contribution in [1.82, 2.24) is 0 Å². The predicted molar refractivity (Wildman–Crippen MR) is 71.8 cm³/mol. The Morgan fingerprint density at radius 3 is 2.68 bits per heavy atom. The zero-order chi connectivity index (χ0) is 14.4. The van der Waals surface area contributed by atoms with Gasteiger partial charge in [0.05, 0.1) is 22.9 Å². The van der Waals surface area contributed by atoms with Crippen LogP contribution in [0.1, 0.15) is 24.2 Å². The quantitative estimate of drug-likeness (QED) is 0.492. The van der Waals surface area contributed by atoms with Crippen molar-refractivity contribution in [3.8, 4) is 0 Å². The molecule has 1 aromatic rings. The molecular formula is C12H13ClN2O4. The van der Waals surface area contributed by atoms with Gasteiger partial charge in [-0.25, -0.2) is 9.59 Å². The first-order chi connectivity index (χ1) is 8.95. The van der Waals surface area contributed by atoms with Crippen LogP contribution in [0.15, 0.2) is 23.3 Å². The number of carboxylic acids is 1. The maximum atomic E-state index is 11.3. The van der Waals surface area contributed by atoms with Crippen LogP contribution in [0.5, 0.6) is 0 Å². The van der Waals surface area contributed by atoms with Crippen molar-refractivity contribution in [1.29, 1.82) is 0 Å². The molecule has 19 heavy (non-hydrogen) atoms. The fourth-order valence-corrected chi connectivity index (χ4v) is 1.45. The molecule has 0 saturated carbocycles. The molecular weight excluding hydrogens is 272 g/mol. The van der Waals surface area contributed by atoms with Crippen LogP contribution < -0.4 is 5.43 Å². The number of carbonyl (C=O) groups excluding carboxylic acids is 1. The number of benzene rings is 1. The fourth-order valence-electron chi connectivity index (χ4n) is 1.19. The van der Waals surface area contributed by atoms with Gasteiger partial charge < -0.3 is 9.84 Å². The van der Waals surface area contributed by atoms with Crippen LogP contribution in [0.25, 0.3) is 0 Å². The highest BCUT2D eigenvalue weighted by molar-refractivity contribution is 6.35. The Kier molecular flexibility index (Phi) is 5.32. The Bertz CT molecular complexity index is 528. The standard InChI is InChI=1S/C12H13ClN2O4/c1-3-19-12(18)7(2)14-15-8-4-5-9(11(16)17)10(13)6-8/h4-6,15H,3H2,1-2H3,(H,16,17)/b14-7+. The van der Waals surface area contributed by atoms with Crippen molar-refractivity contribution in [2.24, 2.45) is 5.10 Å². The van der Waals surface area contributed by atoms with Gasteiger partial charge in [0.1, 0.15) is 5.71 Å². The number of carbonyl (C=O) groups is 2. The molecule has 0 radical (unpaired) electrons. The van der Waals surface area contributed by atoms with E-state index in [1.165, 1.54) is 25.1 Å². The smallest absolute Gasteiger partial charge is 0.354 e. The van der Waals surface area contributed by atoms with Crippen LogP contribution in [0.3, 0.4) is 0 Å². The van der Waals surface area contributed by atoms with Crippen molar-refractivity contribution >= 4 is 34.9 Å². The Morgan fingerprint density at radius 1 is 1.47 bits per heavy atom. The topological polar surface area (TPSA) is 88.0 Å². The molecule has 0 aliphatic heterocycles. The van der Waals surface area contributed by atoms with E-state index in [-0.39, 0.29) is 22.9 Å². The summed E-state index contributed by atoms with van der Waals surface area (Å²) in [6, 6.07) is 4.26. The SMILES string of the molecule is CCOC(=O)/C(C)=N/Nc1ccc(C(=O)O)c(Cl)c1. The van der Waals surface area contributed by atoms with Crippen molar-refractivity contribution in [2.45, 2.75) is 13.8 Å². The number of esters is 1. The summed E-state index contributed by atoms with van der Waals surface area (Å²) in [5.74, 6) is -1.63. The van der Waals surface area contributed by atoms with E-state index in [4.69, 9.17) is 21.4 Å². The van der Waals surface area contributed by atoms with E-state index in [1.54, 1.807) is 6.92 Å². The van der Waals surface area contributed by atoms with Crippen LogP contribution in [0, 0.1) is 0 Å². The number of nitrogens with zero attached hydrogens (tertiary/aromatic N) is 1. The fraction of sp³-hybridized carbons (Fsp3) is 0.250. The zero-order valence-corrected chi connectivity index (χ0v) is 11.2. The Balaban J connectivity index is 2.79. The largest absolute Gasteiger partial charge is 0.478 e. The molecule has 0 aliphatic carbocycles. The molecule has 6 nitrogen and oxygen atoms in total. The van der Waals surface area contributed by atoms with E-state index in [0.29, 0.717) is 5.69 Å². The van der Waals surface area contributed by atoms with Gasteiger partial charge in [0.25, 0.3) is 0 Å². The second-order valence-corrected chi connectivity index (χ2v) is 3.94. The minimum Gasteiger partial charge on any atom is -0.478 e. The van der Waals surface area contributed by atoms with Gasteiger partial charge in [0.15, 0.2) is 0 Å². The normalized spacial score (nSPS) is 11.0. The minimum absolute atomic E-state index is 0.00156. The summed E-state index contributed by atoms with van der Waals surface area (Å²) in [7, 11) is 0. The summed E-state index contributed by atoms with van der Waals surface area (Å²) < 4.78 is 4.75. The molecule has 0 atom stereocenters. The second kappa shape index (κ2) is 6.75. The van der Waals surface area contributed by atoms with E-state index < -0.39 is 11.9 Å². The summed E-state index contributed by atoms with van der Waals surface area (Å²) in [6.45, 7) is 3.46. The third-order valence-electron chi connectivity index (χ3n) is 2.12. The van der Waals surface area contributed by atoms with Gasteiger partial charge in [0, 0.05) is 0 Å². The van der Waals surface area contributed by atoms with Crippen molar-refractivity contribution in [3.05, 3.63) is 28.8 Å². The van der Waals surface area contributed by atoms with Crippen molar-refractivity contribution < 1.29 is 19.4 Å². The maximum absolute atomic E-state index is 11.3. The van der Waals surface area contributed by atoms with Gasteiger partial charge in [-0.05, 0) is 32.0 Å². The molecule has 0 spiro atoms. The van der Waals surface area contributed by atoms with E-state index in [2.05, 4.69) is 10.5 Å². The highest BCUT2D eigenvalue weighted by atomic mass is 35.5. The summed E-state index contributed by atoms with van der Waals surface area (Å²) in [6.07, 6.45) is 0. The maximum Gasteiger partial charge on any atom is 0.354 e. The molecule has 0 amide bonds. The lowest BCUT2D eigenvalue weighted by Gasteiger charge is -2.05. The van der Waals surface area contributed by atoms with Crippen LogP contribution in [0.2, 0.25) is 5.02 Å². The number of anilines is 1. The number of rotatable bonds is 5. The number of hydrogen-bond donors (Lipinski definition) is 2. The van der Waals surface area contributed by atoms with Crippen LogP contribution >= 0.6 is 11.6 Å². The van der Waals surface area contributed by atoms with E-state index in [9.17, 15) is 9.59 Å². The van der Waals surface area contributed by atoms with Gasteiger partial charge in [-0.2, -0.15) is 5.10 Å². The molecule has 0 unspecified atom stereocenters. The number of ether oxygens (including phenoxy) is 1. The van der Waals surface area contributed by atoms with Gasteiger partial charge in [-0.15, -0.1) is 0 Å². The summed E-state index contributed by atoms with van der Waals surface area (Å²) in [5.41, 5.74) is 3.22. The van der Waals surface area contributed by atoms with Gasteiger partial charge in [0.2, 0.25) is 0 Å². The lowest BCUT2D eigenvalue weighted by molar-refractivity contribution is -0.135. The molecule has 2 N–H and O–H groups in total. The van der Waals surface area contributed by atoms with E-state index >= 15 is 0 Å². The molecule has 1 aromatic carbocycles. The number of carboxylic acid groups (broad SMARTS) is 1. The van der Waals surface area contributed by atoms with Gasteiger partial charge in [-0.3, -0.25) is 5.43 Å². The summed E-state index contributed by atoms with van der Waals surface area (Å²) >= 11 is 5.79. The molecule has 102 valence electrons. The molecule has 0 saturated heterocycles. The molecule has 0 fully saturated rings. The monoisotopic (exact) mass is 284 g/mol. The van der Waals surface area contributed by atoms with Gasteiger partial charge in [-0.1, -0.05) is 11.6 Å². The first kappa shape index (κ1) is 15.0. The van der Waals surface area contributed by atoms with Crippen molar-refractivity contribution in [3.63, 3.8) is 0 Å². The second-order valence-electron chi connectivity index (χ2n) is 3.53. The first-order valence-electron chi connectivity index (χ1n) is 5.46. The predicted octanol–water partition coefficient (Wildman–Crippen LogP) is 2.39. The third-order valence-corrected chi connectivity index (χ3v) is 2.44. The Labute approximate surface area is 115 Å². The third kappa shape index (κ3) is 4.26. The van der Waals surface area contributed by atoms with Crippen LogP contribution in [-0.4, -0.2) is 29.4 Å². The number of hydrogen-bond acceptors (Lipinski definition) is 5. The summed E-state index contributed by atoms with van der Waals surface area (Å²) in [4.78, 5) is 22.0. The van der Waals surface area contributed by atoms with E-state index in [0.717, 1.165) is 0 Å². The molecule has 0 heterocycles. The molecule has 0 aromatic heterocycles. The number of nitrogens with one attached hydrogen (secondary N) is 1. The zero-order valence-electron chi connectivity index (χ0n) is 10.4. The average Bonchev–Trinajstić information content (AvgIpc) is 2.35. The minimum atomic E-state index is -1.11. The highest BCUT2D eigenvalue weighted by Gasteiger charge is 2.09. The Morgan fingerprint density at radius 2 is 2.16 bits per heavy atom. The van der Waals surface area contributed by atoms with Crippen molar-refractivity contribution in [2.75, 3.05) is 12.0 Å². The molecule has 0 bridgehead atoms. The summed E-state index contributed by atoms with van der Waals surface area (Å²) in [5, 5.41) is 12.7. The molecule has 7 heteroatoms. The lowest BCUT2D eigenvalue weighted by Crippen LogP contribution is -2.15. The molecule has 1 rings (SSSR count). The number of hydrazone groups is 1. The number of aromatic carboxylic acids is 1. The average molecular weight is 285 g/mol. The Hall–Kier alpha value is -2.08. The molecule has 0 aliphatic rings. The van der Waals surface area contributed by atoms with Crippen LogP contribution in [0.4, 0.5) is 5.69 Å². The highest BCUT2D eigenvalue weighted by Crippen LogP contribution is 2.20. The lowest BCUT2D eigenvalue weighted by atomic mass is 10.2. The van der Waals surface area contributed by atoms with Gasteiger partial charge >= 0.3 is 11.9 Å². The number of halogens is 1. The first-order valence-corrected chi connectivity index (χ1v) is 5.83. The van der Waals surface area contributed by atoms with E-state index in [1.807, 2.05) is 0 Å².